The Morgan fingerprint density at radius 2 is 1.66 bits per heavy atom. The largest absolute Gasteiger partial charge is 0.489 e. The minimum absolute atomic E-state index is 0.129. The van der Waals surface area contributed by atoms with Crippen LogP contribution in [0.5, 0.6) is 5.75 Å². The smallest absolute Gasteiger partial charge is 0.337 e. The third-order valence-corrected chi connectivity index (χ3v) is 3.67. The summed E-state index contributed by atoms with van der Waals surface area (Å²) in [4.78, 5) is 34.4. The maximum Gasteiger partial charge on any atom is 0.337 e. The van der Waals surface area contributed by atoms with Gasteiger partial charge in [0.25, 0.3) is 0 Å². The van der Waals surface area contributed by atoms with E-state index < -0.39 is 11.8 Å². The molecular formula is C21H23N3O5. The molecule has 0 bridgehead atoms. The van der Waals surface area contributed by atoms with Gasteiger partial charge in [-0.05, 0) is 61.4 Å². The van der Waals surface area contributed by atoms with Gasteiger partial charge >= 0.3 is 17.8 Å². The van der Waals surface area contributed by atoms with Crippen molar-refractivity contribution in [3.05, 3.63) is 65.2 Å². The summed E-state index contributed by atoms with van der Waals surface area (Å²) in [5, 5.41) is 6.23. The Balaban J connectivity index is 1.83. The van der Waals surface area contributed by atoms with Crippen LogP contribution in [0.25, 0.3) is 0 Å². The lowest BCUT2D eigenvalue weighted by Gasteiger charge is -2.07. The van der Waals surface area contributed by atoms with E-state index in [-0.39, 0.29) is 12.0 Å². The normalized spacial score (nSPS) is 10.6. The Labute approximate surface area is 168 Å². The fourth-order valence-corrected chi connectivity index (χ4v) is 2.22. The zero-order chi connectivity index (χ0) is 21.2. The number of hydrazone groups is 1. The standard InChI is InChI=1S/C21H23N3O5/c1-14(2)23-19(25)20(26)24-22-12-15-6-10-18(11-7-15)29-13-16-4-8-17(9-5-16)21(27)28-3/h4-12,14H,13H2,1-3H3,(H,23,25)(H,24,26)/b22-12-. The maximum atomic E-state index is 11.5. The molecule has 0 saturated heterocycles. The van der Waals surface area contributed by atoms with Crippen molar-refractivity contribution >= 4 is 24.0 Å². The number of nitrogens with zero attached hydrogens (tertiary/aromatic N) is 1. The predicted octanol–water partition coefficient (Wildman–Crippen LogP) is 2.03. The van der Waals surface area contributed by atoms with Crippen LogP contribution >= 0.6 is 0 Å². The molecule has 0 unspecified atom stereocenters. The summed E-state index contributed by atoms with van der Waals surface area (Å²) in [7, 11) is 1.34. The quantitative estimate of drug-likeness (QED) is 0.322. The number of amides is 2. The van der Waals surface area contributed by atoms with Gasteiger partial charge in [-0.3, -0.25) is 9.59 Å². The monoisotopic (exact) mass is 397 g/mol. The molecule has 2 aromatic rings. The Kier molecular flexibility index (Phi) is 7.90. The lowest BCUT2D eigenvalue weighted by Crippen LogP contribution is -2.41. The summed E-state index contributed by atoms with van der Waals surface area (Å²) < 4.78 is 10.4. The van der Waals surface area contributed by atoms with Gasteiger partial charge in [0, 0.05) is 6.04 Å². The van der Waals surface area contributed by atoms with Crippen LogP contribution in [0.3, 0.4) is 0 Å². The molecule has 8 nitrogen and oxygen atoms in total. The van der Waals surface area contributed by atoms with Crippen LogP contribution in [0.15, 0.2) is 53.6 Å². The average molecular weight is 397 g/mol. The van der Waals surface area contributed by atoms with Crippen molar-refractivity contribution < 1.29 is 23.9 Å². The van der Waals surface area contributed by atoms with Crippen molar-refractivity contribution in [3.63, 3.8) is 0 Å². The summed E-state index contributed by atoms with van der Waals surface area (Å²) in [5.41, 5.74) is 4.28. The van der Waals surface area contributed by atoms with E-state index in [9.17, 15) is 14.4 Å². The SMILES string of the molecule is COC(=O)c1ccc(COc2ccc(/C=N\NC(=O)C(=O)NC(C)C)cc2)cc1. The van der Waals surface area contributed by atoms with E-state index in [0.717, 1.165) is 11.1 Å². The molecule has 2 aromatic carbocycles. The zero-order valence-electron chi connectivity index (χ0n) is 16.5. The van der Waals surface area contributed by atoms with Crippen molar-refractivity contribution in [1.29, 1.82) is 0 Å². The van der Waals surface area contributed by atoms with Crippen LogP contribution in [-0.2, 0) is 20.9 Å². The predicted molar refractivity (Wildman–Crippen MR) is 108 cm³/mol. The van der Waals surface area contributed by atoms with Crippen LogP contribution in [0.2, 0.25) is 0 Å². The van der Waals surface area contributed by atoms with Crippen molar-refractivity contribution in [2.45, 2.75) is 26.5 Å². The van der Waals surface area contributed by atoms with Crippen LogP contribution in [-0.4, -0.2) is 37.1 Å². The molecule has 2 amide bonds. The number of hydrogen-bond donors (Lipinski definition) is 2. The van der Waals surface area contributed by atoms with E-state index in [1.54, 1.807) is 62.4 Å². The molecule has 2 rings (SSSR count). The summed E-state index contributed by atoms with van der Waals surface area (Å²) in [6.45, 7) is 3.86. The summed E-state index contributed by atoms with van der Waals surface area (Å²) in [6.07, 6.45) is 1.43. The Hall–Kier alpha value is -3.68. The van der Waals surface area contributed by atoms with Gasteiger partial charge in [0.1, 0.15) is 12.4 Å². The molecule has 8 heteroatoms. The van der Waals surface area contributed by atoms with E-state index in [1.165, 1.54) is 13.3 Å². The number of benzene rings is 2. The third-order valence-electron chi connectivity index (χ3n) is 3.67. The molecule has 2 N–H and O–H groups in total. The molecule has 0 saturated carbocycles. The number of hydrogen-bond acceptors (Lipinski definition) is 6. The highest BCUT2D eigenvalue weighted by Crippen LogP contribution is 2.14. The van der Waals surface area contributed by atoms with Crippen molar-refractivity contribution in [3.8, 4) is 5.75 Å². The highest BCUT2D eigenvalue weighted by molar-refractivity contribution is 6.35. The molecular weight excluding hydrogens is 374 g/mol. The van der Waals surface area contributed by atoms with Gasteiger partial charge in [0.2, 0.25) is 0 Å². The molecule has 0 aliphatic carbocycles. The van der Waals surface area contributed by atoms with Crippen molar-refractivity contribution in [2.75, 3.05) is 7.11 Å². The molecule has 0 radical (unpaired) electrons. The minimum atomic E-state index is -0.826. The molecule has 0 aliphatic heterocycles. The number of esters is 1. The minimum Gasteiger partial charge on any atom is -0.489 e. The Bertz CT molecular complexity index is 874. The van der Waals surface area contributed by atoms with Crippen LogP contribution in [0.1, 0.15) is 35.3 Å². The highest BCUT2D eigenvalue weighted by Gasteiger charge is 2.12. The van der Waals surface area contributed by atoms with Gasteiger partial charge in [-0.1, -0.05) is 12.1 Å². The second-order valence-corrected chi connectivity index (χ2v) is 6.37. The number of ether oxygens (including phenoxy) is 2. The van der Waals surface area contributed by atoms with Crippen LogP contribution in [0.4, 0.5) is 0 Å². The van der Waals surface area contributed by atoms with E-state index in [2.05, 4.69) is 20.6 Å². The zero-order valence-corrected chi connectivity index (χ0v) is 16.5. The van der Waals surface area contributed by atoms with Crippen molar-refractivity contribution in [2.24, 2.45) is 5.10 Å². The van der Waals surface area contributed by atoms with Gasteiger partial charge in [0.05, 0.1) is 18.9 Å². The van der Waals surface area contributed by atoms with Gasteiger partial charge in [0.15, 0.2) is 0 Å². The number of nitrogens with one attached hydrogen (secondary N) is 2. The summed E-state index contributed by atoms with van der Waals surface area (Å²) >= 11 is 0. The number of carbonyl (C=O) groups excluding carboxylic acids is 3. The Morgan fingerprint density at radius 3 is 2.24 bits per heavy atom. The molecule has 0 spiro atoms. The number of methoxy groups -OCH3 is 1. The average Bonchev–Trinajstić information content (AvgIpc) is 2.72. The van der Waals surface area contributed by atoms with Crippen LogP contribution < -0.4 is 15.5 Å². The van der Waals surface area contributed by atoms with Gasteiger partial charge in [-0.2, -0.15) is 5.10 Å². The van der Waals surface area contributed by atoms with E-state index >= 15 is 0 Å². The molecule has 152 valence electrons. The molecule has 29 heavy (non-hydrogen) atoms. The highest BCUT2D eigenvalue weighted by atomic mass is 16.5. The lowest BCUT2D eigenvalue weighted by molar-refractivity contribution is -0.139. The van der Waals surface area contributed by atoms with Crippen molar-refractivity contribution in [1.82, 2.24) is 10.7 Å². The van der Waals surface area contributed by atoms with Gasteiger partial charge < -0.3 is 14.8 Å². The fraction of sp³-hybridized carbons (Fsp3) is 0.238. The topological polar surface area (TPSA) is 106 Å². The number of rotatable bonds is 7. The third kappa shape index (κ3) is 7.10. The maximum absolute atomic E-state index is 11.5. The lowest BCUT2D eigenvalue weighted by atomic mass is 10.1. The first-order valence-electron chi connectivity index (χ1n) is 8.93. The molecule has 0 heterocycles. The van der Waals surface area contributed by atoms with E-state index in [0.29, 0.717) is 17.9 Å². The van der Waals surface area contributed by atoms with E-state index in [4.69, 9.17) is 4.74 Å². The molecule has 0 fully saturated rings. The Morgan fingerprint density at radius 1 is 1.00 bits per heavy atom. The fourth-order valence-electron chi connectivity index (χ4n) is 2.22. The second kappa shape index (κ2) is 10.6. The van der Waals surface area contributed by atoms with Gasteiger partial charge in [-0.25, -0.2) is 10.2 Å². The summed E-state index contributed by atoms with van der Waals surface area (Å²) in [6, 6.07) is 13.9. The first-order chi connectivity index (χ1) is 13.9. The first-order valence-corrected chi connectivity index (χ1v) is 8.93. The van der Waals surface area contributed by atoms with E-state index in [1.807, 2.05) is 0 Å². The van der Waals surface area contributed by atoms with Gasteiger partial charge in [-0.15, -0.1) is 0 Å². The van der Waals surface area contributed by atoms with Crippen LogP contribution in [0, 0.1) is 0 Å². The molecule has 0 aliphatic rings. The molecule has 0 aromatic heterocycles. The summed E-state index contributed by atoms with van der Waals surface area (Å²) in [5.74, 6) is -1.29. The number of carbonyl (C=O) groups is 3. The molecule has 0 atom stereocenters. The second-order valence-electron chi connectivity index (χ2n) is 6.37. The first kappa shape index (κ1) is 21.6.